The summed E-state index contributed by atoms with van der Waals surface area (Å²) in [4.78, 5) is 4.32. The molecule has 0 saturated carbocycles. The first kappa shape index (κ1) is 12.5. The van der Waals surface area contributed by atoms with E-state index in [0.29, 0.717) is 24.6 Å². The van der Waals surface area contributed by atoms with E-state index in [1.807, 2.05) is 0 Å². The highest BCUT2D eigenvalue weighted by molar-refractivity contribution is 4.87. The van der Waals surface area contributed by atoms with E-state index in [2.05, 4.69) is 29.3 Å². The van der Waals surface area contributed by atoms with E-state index in [4.69, 9.17) is 9.26 Å². The molecule has 2 rings (SSSR count). The van der Waals surface area contributed by atoms with Crippen molar-refractivity contribution >= 4 is 0 Å². The van der Waals surface area contributed by atoms with Crippen LogP contribution in [0.2, 0.25) is 0 Å². The molecule has 0 unspecified atom stereocenters. The van der Waals surface area contributed by atoms with Gasteiger partial charge in [0.1, 0.15) is 0 Å². The van der Waals surface area contributed by atoms with Crippen molar-refractivity contribution in [3.63, 3.8) is 0 Å². The van der Waals surface area contributed by atoms with Crippen molar-refractivity contribution in [2.24, 2.45) is 0 Å². The van der Waals surface area contributed by atoms with E-state index in [1.165, 1.54) is 0 Å². The zero-order valence-electron chi connectivity index (χ0n) is 10.6. The van der Waals surface area contributed by atoms with E-state index in [0.717, 1.165) is 38.1 Å². The van der Waals surface area contributed by atoms with Gasteiger partial charge in [-0.15, -0.1) is 0 Å². The highest BCUT2D eigenvalue weighted by atomic mass is 16.5. The van der Waals surface area contributed by atoms with Gasteiger partial charge in [-0.3, -0.25) is 0 Å². The maximum atomic E-state index is 5.62. The largest absolute Gasteiger partial charge is 0.377 e. The Labute approximate surface area is 102 Å². The Kier molecular flexibility index (Phi) is 4.50. The molecule has 0 aliphatic carbocycles. The van der Waals surface area contributed by atoms with Gasteiger partial charge in [-0.05, 0) is 26.2 Å². The monoisotopic (exact) mass is 239 g/mol. The highest BCUT2D eigenvalue weighted by Gasteiger charge is 2.22. The standard InChI is InChI=1S/C12H21N3O2/c1-3-5-11-14-12(17-15-11)8-13-9(2)10-6-4-7-16-10/h9-10,13H,3-8H2,1-2H3/t9-,10+/m1/s1. The molecule has 0 aromatic carbocycles. The Balaban J connectivity index is 1.76. The molecule has 0 bridgehead atoms. The van der Waals surface area contributed by atoms with Gasteiger partial charge in [-0.1, -0.05) is 12.1 Å². The molecule has 96 valence electrons. The summed E-state index contributed by atoms with van der Waals surface area (Å²) >= 11 is 0. The van der Waals surface area contributed by atoms with Crippen molar-refractivity contribution in [1.82, 2.24) is 15.5 Å². The molecule has 1 aromatic rings. The van der Waals surface area contributed by atoms with Crippen LogP contribution < -0.4 is 5.32 Å². The second-order valence-corrected chi connectivity index (χ2v) is 4.58. The molecule has 1 N–H and O–H groups in total. The lowest BCUT2D eigenvalue weighted by Crippen LogP contribution is -2.36. The predicted molar refractivity (Wildman–Crippen MR) is 63.6 cm³/mol. The lowest BCUT2D eigenvalue weighted by atomic mass is 10.1. The molecule has 1 aromatic heterocycles. The maximum Gasteiger partial charge on any atom is 0.240 e. The van der Waals surface area contributed by atoms with Crippen LogP contribution in [0, 0.1) is 0 Å². The van der Waals surface area contributed by atoms with Crippen LogP contribution in [0.4, 0.5) is 0 Å². The Morgan fingerprint density at radius 1 is 1.53 bits per heavy atom. The number of hydrogen-bond acceptors (Lipinski definition) is 5. The van der Waals surface area contributed by atoms with E-state index >= 15 is 0 Å². The Hall–Kier alpha value is -0.940. The van der Waals surface area contributed by atoms with E-state index in [-0.39, 0.29) is 0 Å². The van der Waals surface area contributed by atoms with Crippen molar-refractivity contribution in [3.05, 3.63) is 11.7 Å². The lowest BCUT2D eigenvalue weighted by Gasteiger charge is -2.18. The number of ether oxygens (including phenoxy) is 1. The Morgan fingerprint density at radius 2 is 2.41 bits per heavy atom. The number of nitrogens with zero attached hydrogens (tertiary/aromatic N) is 2. The quantitative estimate of drug-likeness (QED) is 0.818. The van der Waals surface area contributed by atoms with Crippen LogP contribution in [0.25, 0.3) is 0 Å². The summed E-state index contributed by atoms with van der Waals surface area (Å²) in [7, 11) is 0. The number of aromatic nitrogens is 2. The van der Waals surface area contributed by atoms with Crippen LogP contribution in [0.1, 0.15) is 44.8 Å². The number of hydrogen-bond donors (Lipinski definition) is 1. The molecule has 2 atom stereocenters. The minimum atomic E-state index is 0.327. The molecule has 17 heavy (non-hydrogen) atoms. The number of aryl methyl sites for hydroxylation is 1. The number of rotatable bonds is 6. The molecule has 0 radical (unpaired) electrons. The predicted octanol–water partition coefficient (Wildman–Crippen LogP) is 1.68. The van der Waals surface area contributed by atoms with Crippen molar-refractivity contribution in [1.29, 1.82) is 0 Å². The molecule has 0 amide bonds. The molecule has 1 fully saturated rings. The van der Waals surface area contributed by atoms with Gasteiger partial charge in [0.15, 0.2) is 5.82 Å². The summed E-state index contributed by atoms with van der Waals surface area (Å²) in [6.07, 6.45) is 4.55. The Morgan fingerprint density at radius 3 is 3.12 bits per heavy atom. The smallest absolute Gasteiger partial charge is 0.240 e. The summed E-state index contributed by atoms with van der Waals surface area (Å²) in [5, 5.41) is 7.30. The van der Waals surface area contributed by atoms with Crippen LogP contribution in [0.3, 0.4) is 0 Å². The summed E-state index contributed by atoms with van der Waals surface area (Å²) in [5.41, 5.74) is 0. The maximum absolute atomic E-state index is 5.62. The van der Waals surface area contributed by atoms with Gasteiger partial charge in [0, 0.05) is 19.1 Å². The molecular weight excluding hydrogens is 218 g/mol. The fraction of sp³-hybridized carbons (Fsp3) is 0.833. The van der Waals surface area contributed by atoms with E-state index in [9.17, 15) is 0 Å². The SMILES string of the molecule is CCCc1noc(CN[C@H](C)[C@@H]2CCCO2)n1. The van der Waals surface area contributed by atoms with Crippen molar-refractivity contribution in [3.8, 4) is 0 Å². The summed E-state index contributed by atoms with van der Waals surface area (Å²) in [6, 6.07) is 0.332. The third kappa shape index (κ3) is 3.51. The normalized spacial score (nSPS) is 21.9. The van der Waals surface area contributed by atoms with Crippen LogP contribution in [-0.4, -0.2) is 28.9 Å². The van der Waals surface area contributed by atoms with Gasteiger partial charge in [0.2, 0.25) is 5.89 Å². The van der Waals surface area contributed by atoms with Crippen LogP contribution in [0.15, 0.2) is 4.52 Å². The molecule has 5 nitrogen and oxygen atoms in total. The fourth-order valence-electron chi connectivity index (χ4n) is 2.06. The highest BCUT2D eigenvalue weighted by Crippen LogP contribution is 2.15. The zero-order valence-corrected chi connectivity index (χ0v) is 10.6. The topological polar surface area (TPSA) is 60.2 Å². The average molecular weight is 239 g/mol. The van der Waals surface area contributed by atoms with Crippen LogP contribution in [0.5, 0.6) is 0 Å². The van der Waals surface area contributed by atoms with E-state index < -0.39 is 0 Å². The van der Waals surface area contributed by atoms with Gasteiger partial charge in [0.25, 0.3) is 0 Å². The van der Waals surface area contributed by atoms with E-state index in [1.54, 1.807) is 0 Å². The summed E-state index contributed by atoms with van der Waals surface area (Å²) in [5.74, 6) is 1.47. The average Bonchev–Trinajstić information content (AvgIpc) is 2.97. The minimum Gasteiger partial charge on any atom is -0.377 e. The van der Waals surface area contributed by atoms with Crippen LogP contribution >= 0.6 is 0 Å². The third-order valence-electron chi connectivity index (χ3n) is 3.08. The molecule has 1 saturated heterocycles. The first-order valence-corrected chi connectivity index (χ1v) is 6.46. The summed E-state index contributed by atoms with van der Waals surface area (Å²) in [6.45, 7) is 5.75. The van der Waals surface area contributed by atoms with Gasteiger partial charge in [-0.2, -0.15) is 4.98 Å². The lowest BCUT2D eigenvalue weighted by molar-refractivity contribution is 0.0822. The molecule has 5 heteroatoms. The molecule has 2 heterocycles. The second kappa shape index (κ2) is 6.12. The van der Waals surface area contributed by atoms with Crippen molar-refractivity contribution < 1.29 is 9.26 Å². The van der Waals surface area contributed by atoms with Crippen molar-refractivity contribution in [2.45, 2.75) is 58.2 Å². The van der Waals surface area contributed by atoms with Crippen LogP contribution in [-0.2, 0) is 17.7 Å². The molecule has 1 aliphatic rings. The first-order valence-electron chi connectivity index (χ1n) is 6.46. The third-order valence-corrected chi connectivity index (χ3v) is 3.08. The minimum absolute atomic E-state index is 0.327. The molecule has 1 aliphatic heterocycles. The first-order chi connectivity index (χ1) is 8.29. The van der Waals surface area contributed by atoms with Gasteiger partial charge in [0.05, 0.1) is 12.6 Å². The molecule has 0 spiro atoms. The van der Waals surface area contributed by atoms with Gasteiger partial charge in [-0.25, -0.2) is 0 Å². The second-order valence-electron chi connectivity index (χ2n) is 4.58. The van der Waals surface area contributed by atoms with Crippen molar-refractivity contribution in [2.75, 3.05) is 6.61 Å². The van der Waals surface area contributed by atoms with Gasteiger partial charge < -0.3 is 14.6 Å². The fourth-order valence-corrected chi connectivity index (χ4v) is 2.06. The summed E-state index contributed by atoms with van der Waals surface area (Å²) < 4.78 is 10.8. The van der Waals surface area contributed by atoms with Gasteiger partial charge >= 0.3 is 0 Å². The Bertz CT molecular complexity index is 334. The molecular formula is C12H21N3O2. The zero-order chi connectivity index (χ0) is 12.1. The number of nitrogens with one attached hydrogen (secondary N) is 1.